The Morgan fingerprint density at radius 2 is 1.81 bits per heavy atom. The van der Waals surface area contributed by atoms with Crippen molar-refractivity contribution < 1.29 is 27.4 Å². The zero-order valence-electron chi connectivity index (χ0n) is 15.2. The van der Waals surface area contributed by atoms with Crippen LogP contribution in [0, 0.1) is 5.82 Å². The molecule has 0 aliphatic carbocycles. The Balaban J connectivity index is 2.01. The van der Waals surface area contributed by atoms with Crippen LogP contribution >= 0.6 is 0 Å². The largest absolute Gasteiger partial charge is 0.493 e. The molecule has 0 spiro atoms. The molecule has 1 N–H and O–H groups in total. The molecule has 146 valence electrons. The molecule has 0 aromatic heterocycles. The highest BCUT2D eigenvalue weighted by Crippen LogP contribution is 2.30. The van der Waals surface area contributed by atoms with Crippen molar-refractivity contribution in [2.45, 2.75) is 26.1 Å². The van der Waals surface area contributed by atoms with Gasteiger partial charge in [-0.25, -0.2) is 4.39 Å². The molecule has 0 radical (unpaired) electrons. The summed E-state index contributed by atoms with van der Waals surface area (Å²) < 4.78 is 47.2. The first-order valence-corrected chi connectivity index (χ1v) is 8.18. The average molecular weight is 382 g/mol. The Kier molecular flexibility index (Phi) is 7.06. The van der Waals surface area contributed by atoms with Crippen molar-refractivity contribution in [3.63, 3.8) is 0 Å². The van der Waals surface area contributed by atoms with Gasteiger partial charge in [0.05, 0.1) is 13.2 Å². The Morgan fingerprint density at radius 3 is 2.41 bits per heavy atom. The number of nitrogens with zero attached hydrogens (tertiary/aromatic N) is 1. The van der Waals surface area contributed by atoms with Crippen LogP contribution in [-0.2, 0) is 11.3 Å². The first kappa shape index (κ1) is 20.6. The lowest BCUT2D eigenvalue weighted by Gasteiger charge is -2.24. The van der Waals surface area contributed by atoms with E-state index in [4.69, 9.17) is 4.74 Å². The molecule has 1 amide bonds. The predicted octanol–water partition coefficient (Wildman–Crippen LogP) is 3.89. The normalized spacial score (nSPS) is 12.1. The Bertz CT molecular complexity index is 769. The van der Waals surface area contributed by atoms with Crippen molar-refractivity contribution in [1.82, 2.24) is 4.90 Å². The van der Waals surface area contributed by atoms with Gasteiger partial charge in [-0.05, 0) is 55.9 Å². The lowest BCUT2D eigenvalue weighted by Crippen LogP contribution is -2.39. The smallest absolute Gasteiger partial charge is 0.387 e. The minimum atomic E-state index is -2.94. The average Bonchev–Trinajstić information content (AvgIpc) is 2.63. The minimum Gasteiger partial charge on any atom is -0.493 e. The zero-order valence-corrected chi connectivity index (χ0v) is 15.2. The molecule has 0 unspecified atom stereocenters. The minimum absolute atomic E-state index is 0.0546. The number of likely N-dealkylation sites (N-methyl/N-ethyl adjacent to an activating group) is 1. The van der Waals surface area contributed by atoms with Gasteiger partial charge in [-0.3, -0.25) is 9.69 Å². The fraction of sp³-hybridized carbons (Fsp3) is 0.316. The number of hydrogen-bond acceptors (Lipinski definition) is 4. The van der Waals surface area contributed by atoms with E-state index in [9.17, 15) is 18.0 Å². The number of carbonyl (C=O) groups is 1. The van der Waals surface area contributed by atoms with Crippen LogP contribution in [0.3, 0.4) is 0 Å². The summed E-state index contributed by atoms with van der Waals surface area (Å²) in [5.74, 6) is -0.509. The molecule has 0 bridgehead atoms. The maximum atomic E-state index is 12.9. The van der Waals surface area contributed by atoms with Crippen LogP contribution < -0.4 is 14.8 Å². The van der Waals surface area contributed by atoms with Crippen molar-refractivity contribution in [2.24, 2.45) is 0 Å². The van der Waals surface area contributed by atoms with E-state index >= 15 is 0 Å². The van der Waals surface area contributed by atoms with Gasteiger partial charge in [-0.1, -0.05) is 6.07 Å². The van der Waals surface area contributed by atoms with E-state index in [0.29, 0.717) is 12.2 Å². The van der Waals surface area contributed by atoms with Crippen molar-refractivity contribution in [1.29, 1.82) is 0 Å². The summed E-state index contributed by atoms with van der Waals surface area (Å²) in [6.07, 6.45) is 0. The van der Waals surface area contributed by atoms with Crippen molar-refractivity contribution >= 4 is 11.6 Å². The monoisotopic (exact) mass is 382 g/mol. The number of anilines is 1. The fourth-order valence-corrected chi connectivity index (χ4v) is 2.41. The molecule has 2 aromatic carbocycles. The molecule has 0 saturated carbocycles. The number of hydrogen-bond donors (Lipinski definition) is 1. The quantitative estimate of drug-likeness (QED) is 0.753. The number of alkyl halides is 2. The van der Waals surface area contributed by atoms with E-state index in [2.05, 4.69) is 10.1 Å². The molecule has 2 aromatic rings. The molecule has 0 aliphatic rings. The number of ether oxygens (including phenoxy) is 2. The van der Waals surface area contributed by atoms with Crippen LogP contribution in [0.25, 0.3) is 0 Å². The van der Waals surface area contributed by atoms with Gasteiger partial charge in [0.25, 0.3) is 0 Å². The van der Waals surface area contributed by atoms with Gasteiger partial charge in [-0.2, -0.15) is 8.78 Å². The van der Waals surface area contributed by atoms with Gasteiger partial charge in [0.2, 0.25) is 5.91 Å². The molecular weight excluding hydrogens is 361 g/mol. The predicted molar refractivity (Wildman–Crippen MR) is 95.6 cm³/mol. The SMILES string of the molecule is COc1cc(CN(C)[C@@H](C)C(=O)Nc2ccc(F)cc2)ccc1OC(F)F. The van der Waals surface area contributed by atoms with E-state index < -0.39 is 12.7 Å². The van der Waals surface area contributed by atoms with Crippen LogP contribution in [0.15, 0.2) is 42.5 Å². The molecule has 0 saturated heterocycles. The Labute approximate surface area is 155 Å². The number of benzene rings is 2. The molecule has 0 aliphatic heterocycles. The van der Waals surface area contributed by atoms with Crippen LogP contribution in [0.1, 0.15) is 12.5 Å². The van der Waals surface area contributed by atoms with Gasteiger partial charge in [0, 0.05) is 12.2 Å². The highest BCUT2D eigenvalue weighted by molar-refractivity contribution is 5.94. The van der Waals surface area contributed by atoms with E-state index in [-0.39, 0.29) is 23.2 Å². The van der Waals surface area contributed by atoms with Gasteiger partial charge in [0.15, 0.2) is 11.5 Å². The number of halogens is 3. The number of nitrogens with one attached hydrogen (secondary N) is 1. The van der Waals surface area contributed by atoms with Crippen molar-refractivity contribution in [3.05, 3.63) is 53.8 Å². The van der Waals surface area contributed by atoms with Crippen LogP contribution in [-0.4, -0.2) is 37.6 Å². The van der Waals surface area contributed by atoms with Crippen molar-refractivity contribution in [2.75, 3.05) is 19.5 Å². The lowest BCUT2D eigenvalue weighted by atomic mass is 10.1. The summed E-state index contributed by atoms with van der Waals surface area (Å²) >= 11 is 0. The van der Waals surface area contributed by atoms with E-state index in [1.807, 2.05) is 0 Å². The third-order valence-corrected chi connectivity index (χ3v) is 4.03. The number of rotatable bonds is 8. The van der Waals surface area contributed by atoms with Crippen LogP contribution in [0.2, 0.25) is 0 Å². The Morgan fingerprint density at radius 1 is 1.15 bits per heavy atom. The highest BCUT2D eigenvalue weighted by atomic mass is 19.3. The second-order valence-corrected chi connectivity index (χ2v) is 5.95. The Hall–Kier alpha value is -2.74. The van der Waals surface area contributed by atoms with Gasteiger partial charge >= 0.3 is 6.61 Å². The summed E-state index contributed by atoms with van der Waals surface area (Å²) in [5.41, 5.74) is 1.26. The van der Waals surface area contributed by atoms with Crippen LogP contribution in [0.5, 0.6) is 11.5 Å². The fourth-order valence-electron chi connectivity index (χ4n) is 2.41. The standard InChI is InChI=1S/C19H21F3N2O3/c1-12(18(25)23-15-7-5-14(20)6-8-15)24(2)11-13-4-9-16(27-19(21)22)17(10-13)26-3/h4-10,12,19H,11H2,1-3H3,(H,23,25)/t12-/m0/s1. The second-order valence-electron chi connectivity index (χ2n) is 5.95. The number of methoxy groups -OCH3 is 1. The van der Waals surface area contributed by atoms with Gasteiger partial charge < -0.3 is 14.8 Å². The van der Waals surface area contributed by atoms with Gasteiger partial charge in [-0.15, -0.1) is 0 Å². The molecule has 27 heavy (non-hydrogen) atoms. The molecule has 1 atom stereocenters. The topological polar surface area (TPSA) is 50.8 Å². The summed E-state index contributed by atoms with van der Waals surface area (Å²) in [7, 11) is 3.12. The summed E-state index contributed by atoms with van der Waals surface area (Å²) in [4.78, 5) is 14.1. The summed E-state index contributed by atoms with van der Waals surface area (Å²) in [6, 6.07) is 9.60. The van der Waals surface area contributed by atoms with Gasteiger partial charge in [0.1, 0.15) is 5.82 Å². The third-order valence-electron chi connectivity index (χ3n) is 4.03. The molecular formula is C19H21F3N2O3. The van der Waals surface area contributed by atoms with E-state index in [0.717, 1.165) is 5.56 Å². The zero-order chi connectivity index (χ0) is 20.0. The lowest BCUT2D eigenvalue weighted by molar-refractivity contribution is -0.120. The first-order chi connectivity index (χ1) is 12.8. The van der Waals surface area contributed by atoms with Crippen molar-refractivity contribution in [3.8, 4) is 11.5 Å². The third kappa shape index (κ3) is 5.89. The summed E-state index contributed by atoms with van der Waals surface area (Å²) in [6.45, 7) is -0.837. The molecule has 0 heterocycles. The molecule has 5 nitrogen and oxygen atoms in total. The van der Waals surface area contributed by atoms with E-state index in [1.54, 1.807) is 31.0 Å². The highest BCUT2D eigenvalue weighted by Gasteiger charge is 2.19. The number of carbonyl (C=O) groups excluding carboxylic acids is 1. The first-order valence-electron chi connectivity index (χ1n) is 8.18. The van der Waals surface area contributed by atoms with E-state index in [1.165, 1.54) is 37.4 Å². The summed E-state index contributed by atoms with van der Waals surface area (Å²) in [5, 5.41) is 2.71. The van der Waals surface area contributed by atoms with Crippen LogP contribution in [0.4, 0.5) is 18.9 Å². The second kappa shape index (κ2) is 9.27. The molecule has 0 fully saturated rings. The molecule has 2 rings (SSSR count). The number of amides is 1. The maximum Gasteiger partial charge on any atom is 0.387 e. The molecule has 8 heteroatoms. The maximum absolute atomic E-state index is 12.9.